The molecular formula is C14H10N2O7S2. The SMILES string of the molecule is O=C(O)CC(C(=O)O)N1C(=O)C(=Cc2cccc([N+](=O)[O-])c2)SC1=S. The molecule has 1 amide bonds. The van der Waals surface area contributed by atoms with Crippen LogP contribution in [0, 0.1) is 10.1 Å². The Kier molecular flexibility index (Phi) is 5.49. The quantitative estimate of drug-likeness (QED) is 0.326. The summed E-state index contributed by atoms with van der Waals surface area (Å²) in [5, 5.41) is 28.8. The maximum atomic E-state index is 12.4. The minimum absolute atomic E-state index is 0.0575. The van der Waals surface area contributed by atoms with Crippen LogP contribution in [-0.2, 0) is 14.4 Å². The van der Waals surface area contributed by atoms with Gasteiger partial charge in [-0.25, -0.2) is 4.79 Å². The van der Waals surface area contributed by atoms with Gasteiger partial charge < -0.3 is 10.2 Å². The van der Waals surface area contributed by atoms with Crippen molar-refractivity contribution in [1.82, 2.24) is 4.90 Å². The zero-order chi connectivity index (χ0) is 18.7. The highest BCUT2D eigenvalue weighted by atomic mass is 32.2. The van der Waals surface area contributed by atoms with E-state index in [4.69, 9.17) is 17.3 Å². The zero-order valence-corrected chi connectivity index (χ0v) is 14.0. The van der Waals surface area contributed by atoms with Gasteiger partial charge in [-0.05, 0) is 11.6 Å². The third-order valence-electron chi connectivity index (χ3n) is 3.17. The second-order valence-electron chi connectivity index (χ2n) is 4.86. The molecule has 0 aromatic heterocycles. The Morgan fingerprint density at radius 3 is 2.64 bits per heavy atom. The van der Waals surface area contributed by atoms with Crippen LogP contribution in [0.4, 0.5) is 5.69 Å². The molecule has 1 aromatic carbocycles. The largest absolute Gasteiger partial charge is 0.481 e. The van der Waals surface area contributed by atoms with Crippen molar-refractivity contribution < 1.29 is 29.5 Å². The smallest absolute Gasteiger partial charge is 0.327 e. The number of amides is 1. The predicted molar refractivity (Wildman–Crippen MR) is 91.8 cm³/mol. The van der Waals surface area contributed by atoms with Crippen molar-refractivity contribution >= 4 is 57.9 Å². The molecule has 130 valence electrons. The van der Waals surface area contributed by atoms with Crippen LogP contribution >= 0.6 is 24.0 Å². The van der Waals surface area contributed by atoms with Gasteiger partial charge in [-0.1, -0.05) is 36.1 Å². The molecule has 1 aliphatic rings. The van der Waals surface area contributed by atoms with Gasteiger partial charge in [-0.2, -0.15) is 0 Å². The number of nitro groups is 1. The summed E-state index contributed by atoms with van der Waals surface area (Å²) in [6.07, 6.45) is 0.540. The van der Waals surface area contributed by atoms with E-state index in [1.165, 1.54) is 30.3 Å². The monoisotopic (exact) mass is 382 g/mol. The highest BCUT2D eigenvalue weighted by Crippen LogP contribution is 2.35. The van der Waals surface area contributed by atoms with Gasteiger partial charge in [-0.15, -0.1) is 0 Å². The van der Waals surface area contributed by atoms with Crippen LogP contribution in [0.2, 0.25) is 0 Å². The Morgan fingerprint density at radius 2 is 2.08 bits per heavy atom. The highest BCUT2D eigenvalue weighted by molar-refractivity contribution is 8.26. The molecule has 1 heterocycles. The van der Waals surface area contributed by atoms with Crippen molar-refractivity contribution in [2.45, 2.75) is 12.5 Å². The van der Waals surface area contributed by atoms with E-state index in [0.717, 1.165) is 16.7 Å². The zero-order valence-electron chi connectivity index (χ0n) is 12.3. The van der Waals surface area contributed by atoms with Crippen molar-refractivity contribution in [3.63, 3.8) is 0 Å². The Balaban J connectivity index is 2.34. The molecule has 2 N–H and O–H groups in total. The lowest BCUT2D eigenvalue weighted by molar-refractivity contribution is -0.384. The number of carboxylic acid groups (broad SMARTS) is 2. The highest BCUT2D eigenvalue weighted by Gasteiger charge is 2.41. The van der Waals surface area contributed by atoms with Crippen molar-refractivity contribution in [3.05, 3.63) is 44.8 Å². The molecule has 1 atom stereocenters. The number of thiocarbonyl (C=S) groups is 1. The van der Waals surface area contributed by atoms with E-state index in [2.05, 4.69) is 0 Å². The molecular weight excluding hydrogens is 372 g/mol. The van der Waals surface area contributed by atoms with Crippen LogP contribution in [0.5, 0.6) is 0 Å². The molecule has 0 aliphatic carbocycles. The van der Waals surface area contributed by atoms with Gasteiger partial charge in [0.05, 0.1) is 16.2 Å². The molecule has 1 aliphatic heterocycles. The fourth-order valence-electron chi connectivity index (χ4n) is 2.08. The van der Waals surface area contributed by atoms with Crippen LogP contribution in [0.1, 0.15) is 12.0 Å². The Hall–Kier alpha value is -2.79. The summed E-state index contributed by atoms with van der Waals surface area (Å²) in [7, 11) is 0. The lowest BCUT2D eigenvalue weighted by Crippen LogP contribution is -2.45. The summed E-state index contributed by atoms with van der Waals surface area (Å²) in [5.74, 6) is -3.63. The van der Waals surface area contributed by atoms with Crippen molar-refractivity contribution in [2.75, 3.05) is 0 Å². The summed E-state index contributed by atoms with van der Waals surface area (Å²) < 4.78 is -0.0877. The number of nitrogens with zero attached hydrogens (tertiary/aromatic N) is 2. The molecule has 1 saturated heterocycles. The molecule has 1 aromatic rings. The molecule has 0 spiro atoms. The fourth-order valence-corrected chi connectivity index (χ4v) is 3.44. The first-order chi connectivity index (χ1) is 11.7. The van der Waals surface area contributed by atoms with Gasteiger partial charge in [0.1, 0.15) is 10.4 Å². The van der Waals surface area contributed by atoms with Gasteiger partial charge >= 0.3 is 11.9 Å². The van der Waals surface area contributed by atoms with E-state index >= 15 is 0 Å². The number of aliphatic carboxylic acids is 2. The van der Waals surface area contributed by atoms with E-state index in [0.29, 0.717) is 5.56 Å². The number of non-ortho nitro benzene ring substituents is 1. The van der Waals surface area contributed by atoms with Gasteiger partial charge in [0.15, 0.2) is 0 Å². The molecule has 25 heavy (non-hydrogen) atoms. The number of hydrogen-bond donors (Lipinski definition) is 2. The van der Waals surface area contributed by atoms with Gasteiger partial charge in [-0.3, -0.25) is 24.6 Å². The molecule has 0 radical (unpaired) electrons. The number of carboxylic acids is 2. The molecule has 1 fully saturated rings. The molecule has 1 unspecified atom stereocenters. The normalized spacial score (nSPS) is 17.0. The second kappa shape index (κ2) is 7.40. The third kappa shape index (κ3) is 4.19. The van der Waals surface area contributed by atoms with Gasteiger partial charge in [0.25, 0.3) is 11.6 Å². The number of benzene rings is 1. The number of thioether (sulfide) groups is 1. The lowest BCUT2D eigenvalue weighted by atomic mass is 10.1. The number of nitro benzene ring substituents is 1. The van der Waals surface area contributed by atoms with Crippen molar-refractivity contribution in [1.29, 1.82) is 0 Å². The Bertz CT molecular complexity index is 821. The summed E-state index contributed by atoms with van der Waals surface area (Å²) in [6, 6.07) is 3.88. The first kappa shape index (κ1) is 18.5. The van der Waals surface area contributed by atoms with Crippen LogP contribution in [-0.4, -0.2) is 48.2 Å². The van der Waals surface area contributed by atoms with Gasteiger partial charge in [0.2, 0.25) is 0 Å². The predicted octanol–water partition coefficient (Wildman–Crippen LogP) is 1.72. The first-order valence-electron chi connectivity index (χ1n) is 6.67. The Morgan fingerprint density at radius 1 is 1.40 bits per heavy atom. The molecule has 9 nitrogen and oxygen atoms in total. The maximum Gasteiger partial charge on any atom is 0.327 e. The van der Waals surface area contributed by atoms with Crippen LogP contribution < -0.4 is 0 Å². The minimum Gasteiger partial charge on any atom is -0.481 e. The average Bonchev–Trinajstić information content (AvgIpc) is 2.79. The van der Waals surface area contributed by atoms with E-state index < -0.39 is 35.2 Å². The van der Waals surface area contributed by atoms with Crippen LogP contribution in [0.15, 0.2) is 29.2 Å². The summed E-state index contributed by atoms with van der Waals surface area (Å²) in [5.41, 5.74) is 0.193. The lowest BCUT2D eigenvalue weighted by Gasteiger charge is -2.21. The molecule has 0 saturated carbocycles. The van der Waals surface area contributed by atoms with E-state index in [9.17, 15) is 29.6 Å². The molecule has 0 bridgehead atoms. The van der Waals surface area contributed by atoms with Crippen molar-refractivity contribution in [2.24, 2.45) is 0 Å². The van der Waals surface area contributed by atoms with Crippen molar-refractivity contribution in [3.8, 4) is 0 Å². The number of carbonyl (C=O) groups is 3. The summed E-state index contributed by atoms with van der Waals surface area (Å²) in [6.45, 7) is 0. The number of hydrogen-bond acceptors (Lipinski definition) is 7. The average molecular weight is 382 g/mol. The topological polar surface area (TPSA) is 138 Å². The Labute approximate surface area is 150 Å². The van der Waals surface area contributed by atoms with Crippen LogP contribution in [0.25, 0.3) is 6.08 Å². The van der Waals surface area contributed by atoms with Crippen LogP contribution in [0.3, 0.4) is 0 Å². The van der Waals surface area contributed by atoms with Gasteiger partial charge in [0, 0.05) is 12.1 Å². The fraction of sp³-hybridized carbons (Fsp3) is 0.143. The minimum atomic E-state index is -1.62. The number of carbonyl (C=O) groups excluding carboxylic acids is 1. The third-order valence-corrected chi connectivity index (χ3v) is 4.50. The number of rotatable bonds is 6. The maximum absolute atomic E-state index is 12.4. The molecule has 11 heteroatoms. The van der Waals surface area contributed by atoms with E-state index in [1.807, 2.05) is 0 Å². The molecule has 2 rings (SSSR count). The van der Waals surface area contributed by atoms with E-state index in [-0.39, 0.29) is 14.9 Å². The summed E-state index contributed by atoms with van der Waals surface area (Å²) in [4.78, 5) is 45.5. The summed E-state index contributed by atoms with van der Waals surface area (Å²) >= 11 is 5.80. The van der Waals surface area contributed by atoms with E-state index in [1.54, 1.807) is 0 Å². The first-order valence-corrected chi connectivity index (χ1v) is 7.89. The second-order valence-corrected chi connectivity index (χ2v) is 6.53. The standard InChI is InChI=1S/C14H10N2O7S2/c17-11(18)6-9(13(20)21)15-12(19)10(25-14(15)24)5-7-2-1-3-8(4-7)16(22)23/h1-5,9H,6H2,(H,17,18)(H,20,21).